The Hall–Kier alpha value is -3.85. The van der Waals surface area contributed by atoms with Gasteiger partial charge in [-0.3, -0.25) is 19.5 Å². The van der Waals surface area contributed by atoms with Gasteiger partial charge >= 0.3 is 0 Å². The van der Waals surface area contributed by atoms with E-state index >= 15 is 0 Å². The molecule has 0 fully saturated rings. The van der Waals surface area contributed by atoms with E-state index in [4.69, 9.17) is 4.42 Å². The standard InChI is InChI=1S/C24H13BrF2N2O4/c25-14-3-6-18-13(8-14)9-19(33-18)22(30)20-21(12-2-1-7-28-11-12)29(24(32)23(20)31)17-10-15(26)4-5-16(17)27/h1-11,21,31H. The Morgan fingerprint density at radius 3 is 2.70 bits per heavy atom. The molecule has 0 aliphatic carbocycles. The van der Waals surface area contributed by atoms with E-state index in [-0.39, 0.29) is 11.3 Å². The van der Waals surface area contributed by atoms with Crippen molar-refractivity contribution in [2.75, 3.05) is 4.90 Å². The highest BCUT2D eigenvalue weighted by Crippen LogP contribution is 2.43. The summed E-state index contributed by atoms with van der Waals surface area (Å²) in [7, 11) is 0. The minimum absolute atomic E-state index is 0.118. The summed E-state index contributed by atoms with van der Waals surface area (Å²) in [5, 5.41) is 11.3. The molecule has 33 heavy (non-hydrogen) atoms. The number of aromatic nitrogens is 1. The van der Waals surface area contributed by atoms with Crippen LogP contribution in [-0.2, 0) is 4.79 Å². The molecule has 3 heterocycles. The predicted octanol–water partition coefficient (Wildman–Crippen LogP) is 5.65. The van der Waals surface area contributed by atoms with Gasteiger partial charge in [0.15, 0.2) is 11.5 Å². The molecule has 4 aromatic rings. The first-order chi connectivity index (χ1) is 15.8. The second-order valence-corrected chi connectivity index (χ2v) is 8.26. The van der Waals surface area contributed by atoms with Crippen molar-refractivity contribution in [2.45, 2.75) is 6.04 Å². The third-order valence-electron chi connectivity index (χ3n) is 5.32. The zero-order valence-electron chi connectivity index (χ0n) is 16.6. The molecular formula is C24H13BrF2N2O4. The number of amides is 1. The van der Waals surface area contributed by atoms with Crippen LogP contribution in [0.25, 0.3) is 11.0 Å². The van der Waals surface area contributed by atoms with E-state index in [1.807, 2.05) is 0 Å². The first kappa shape index (κ1) is 21.0. The van der Waals surface area contributed by atoms with Gasteiger partial charge in [0.2, 0.25) is 5.78 Å². The number of ketones is 1. The Labute approximate surface area is 193 Å². The Balaban J connectivity index is 1.68. The number of Topliss-reactive ketones (excluding diaryl/α,β-unsaturated/α-hetero) is 1. The van der Waals surface area contributed by atoms with Crippen LogP contribution in [0.2, 0.25) is 0 Å². The summed E-state index contributed by atoms with van der Waals surface area (Å²) in [6.07, 6.45) is 2.86. The molecule has 1 amide bonds. The van der Waals surface area contributed by atoms with E-state index in [2.05, 4.69) is 20.9 Å². The van der Waals surface area contributed by atoms with Gasteiger partial charge in [0.05, 0.1) is 17.3 Å². The molecule has 1 N–H and O–H groups in total. The van der Waals surface area contributed by atoms with Crippen LogP contribution in [0.1, 0.15) is 22.2 Å². The minimum atomic E-state index is -1.25. The van der Waals surface area contributed by atoms with Gasteiger partial charge < -0.3 is 9.52 Å². The van der Waals surface area contributed by atoms with Crippen LogP contribution < -0.4 is 4.90 Å². The lowest BCUT2D eigenvalue weighted by Crippen LogP contribution is -2.32. The van der Waals surface area contributed by atoms with Crippen LogP contribution >= 0.6 is 15.9 Å². The van der Waals surface area contributed by atoms with Crippen molar-refractivity contribution < 1.29 is 27.9 Å². The first-order valence-corrected chi connectivity index (χ1v) is 10.5. The predicted molar refractivity (Wildman–Crippen MR) is 119 cm³/mol. The Morgan fingerprint density at radius 1 is 1.12 bits per heavy atom. The fourth-order valence-corrected chi connectivity index (χ4v) is 4.25. The van der Waals surface area contributed by atoms with Crippen LogP contribution in [-0.4, -0.2) is 21.8 Å². The third kappa shape index (κ3) is 3.50. The topological polar surface area (TPSA) is 83.6 Å². The smallest absolute Gasteiger partial charge is 0.294 e. The number of furan rings is 1. The third-order valence-corrected chi connectivity index (χ3v) is 5.82. The average Bonchev–Trinajstić information content (AvgIpc) is 3.34. The number of fused-ring (bicyclic) bond motifs is 1. The maximum absolute atomic E-state index is 14.7. The quantitative estimate of drug-likeness (QED) is 0.358. The lowest BCUT2D eigenvalue weighted by Gasteiger charge is -2.26. The van der Waals surface area contributed by atoms with Crippen LogP contribution in [0.5, 0.6) is 0 Å². The average molecular weight is 511 g/mol. The molecule has 0 spiro atoms. The van der Waals surface area contributed by atoms with Crippen molar-refractivity contribution in [3.63, 3.8) is 0 Å². The highest BCUT2D eigenvalue weighted by Gasteiger charge is 2.46. The summed E-state index contributed by atoms with van der Waals surface area (Å²) in [4.78, 5) is 31.4. The molecule has 5 rings (SSSR count). The summed E-state index contributed by atoms with van der Waals surface area (Å²) in [5.41, 5.74) is 0.00390. The molecule has 0 saturated heterocycles. The molecule has 0 radical (unpaired) electrons. The fraction of sp³-hybridized carbons (Fsp3) is 0.0417. The number of carbonyl (C=O) groups excluding carboxylic acids is 2. The lowest BCUT2D eigenvalue weighted by atomic mass is 9.96. The normalized spacial score (nSPS) is 16.2. The Kier molecular flexibility index (Phi) is 5.05. The largest absolute Gasteiger partial charge is 0.503 e. The van der Waals surface area contributed by atoms with E-state index in [1.165, 1.54) is 18.5 Å². The van der Waals surface area contributed by atoms with Gasteiger partial charge in [0.1, 0.15) is 17.2 Å². The number of pyridine rings is 1. The number of halogens is 3. The second kappa shape index (κ2) is 7.93. The molecule has 1 atom stereocenters. The van der Waals surface area contributed by atoms with Crippen LogP contribution in [0.4, 0.5) is 14.5 Å². The summed E-state index contributed by atoms with van der Waals surface area (Å²) in [5.74, 6) is -4.48. The lowest BCUT2D eigenvalue weighted by molar-refractivity contribution is -0.117. The number of rotatable bonds is 4. The van der Waals surface area contributed by atoms with Crippen LogP contribution in [0.3, 0.4) is 0 Å². The van der Waals surface area contributed by atoms with Crippen molar-refractivity contribution in [1.29, 1.82) is 0 Å². The van der Waals surface area contributed by atoms with Crippen molar-refractivity contribution in [1.82, 2.24) is 4.98 Å². The van der Waals surface area contributed by atoms with Gasteiger partial charge in [-0.05, 0) is 48.0 Å². The summed E-state index contributed by atoms with van der Waals surface area (Å²) < 4.78 is 35.0. The second-order valence-electron chi connectivity index (χ2n) is 7.34. The SMILES string of the molecule is O=C(C1=C(O)C(=O)N(c2cc(F)ccc2F)C1c1cccnc1)c1cc2cc(Br)ccc2o1. The maximum Gasteiger partial charge on any atom is 0.294 e. The number of aliphatic hydroxyl groups excluding tert-OH is 1. The van der Waals surface area contributed by atoms with Crippen molar-refractivity contribution >= 4 is 44.3 Å². The fourth-order valence-electron chi connectivity index (χ4n) is 3.87. The van der Waals surface area contributed by atoms with E-state index in [0.29, 0.717) is 16.5 Å². The molecule has 1 aliphatic rings. The molecule has 6 nitrogen and oxygen atoms in total. The highest BCUT2D eigenvalue weighted by atomic mass is 79.9. The maximum atomic E-state index is 14.7. The summed E-state index contributed by atoms with van der Waals surface area (Å²) in [6, 6.07) is 11.1. The molecule has 1 aliphatic heterocycles. The first-order valence-electron chi connectivity index (χ1n) is 9.70. The van der Waals surface area contributed by atoms with Gasteiger partial charge in [0.25, 0.3) is 5.91 Å². The Morgan fingerprint density at radius 2 is 1.94 bits per heavy atom. The molecule has 0 saturated carbocycles. The van der Waals surface area contributed by atoms with Crippen molar-refractivity contribution in [2.24, 2.45) is 0 Å². The van der Waals surface area contributed by atoms with E-state index in [1.54, 1.807) is 30.3 Å². The van der Waals surface area contributed by atoms with Crippen molar-refractivity contribution in [3.05, 3.63) is 106 Å². The molecule has 9 heteroatoms. The number of nitrogens with zero attached hydrogens (tertiary/aromatic N) is 2. The van der Waals surface area contributed by atoms with Gasteiger partial charge in [-0.2, -0.15) is 0 Å². The molecule has 0 bridgehead atoms. The molecule has 164 valence electrons. The number of benzene rings is 2. The van der Waals surface area contributed by atoms with Gasteiger partial charge in [-0.25, -0.2) is 8.78 Å². The van der Waals surface area contributed by atoms with Gasteiger partial charge in [0, 0.05) is 28.3 Å². The van der Waals surface area contributed by atoms with Gasteiger partial charge in [-0.15, -0.1) is 0 Å². The van der Waals surface area contributed by atoms with Crippen LogP contribution in [0, 0.1) is 11.6 Å². The van der Waals surface area contributed by atoms with E-state index in [9.17, 15) is 23.5 Å². The van der Waals surface area contributed by atoms with Gasteiger partial charge in [-0.1, -0.05) is 22.0 Å². The Bertz CT molecular complexity index is 1470. The zero-order valence-corrected chi connectivity index (χ0v) is 18.2. The summed E-state index contributed by atoms with van der Waals surface area (Å²) in [6.45, 7) is 0. The highest BCUT2D eigenvalue weighted by molar-refractivity contribution is 9.10. The number of carbonyl (C=O) groups is 2. The minimum Gasteiger partial charge on any atom is -0.503 e. The molecule has 1 unspecified atom stereocenters. The van der Waals surface area contributed by atoms with Crippen molar-refractivity contribution in [3.8, 4) is 0 Å². The number of aliphatic hydroxyl groups is 1. The number of anilines is 1. The molecule has 2 aromatic heterocycles. The monoisotopic (exact) mass is 510 g/mol. The molecule has 2 aromatic carbocycles. The molecular weight excluding hydrogens is 498 g/mol. The number of hydrogen-bond acceptors (Lipinski definition) is 5. The zero-order chi connectivity index (χ0) is 23.3. The van der Waals surface area contributed by atoms with E-state index in [0.717, 1.165) is 27.6 Å². The summed E-state index contributed by atoms with van der Waals surface area (Å²) >= 11 is 3.35. The van der Waals surface area contributed by atoms with E-state index < -0.39 is 40.8 Å². The number of hydrogen-bond donors (Lipinski definition) is 1. The van der Waals surface area contributed by atoms with Crippen LogP contribution in [0.15, 0.2) is 87.2 Å².